The zero-order chi connectivity index (χ0) is 20.6. The summed E-state index contributed by atoms with van der Waals surface area (Å²) in [7, 11) is 0. The second-order valence-corrected chi connectivity index (χ2v) is 8.12. The van der Waals surface area contributed by atoms with E-state index >= 15 is 0 Å². The number of hydrogen-bond acceptors (Lipinski definition) is 3. The van der Waals surface area contributed by atoms with Gasteiger partial charge in [-0.1, -0.05) is 36.4 Å². The van der Waals surface area contributed by atoms with Gasteiger partial charge in [0.15, 0.2) is 0 Å². The fourth-order valence-electron chi connectivity index (χ4n) is 4.41. The molecule has 1 saturated heterocycles. The van der Waals surface area contributed by atoms with Gasteiger partial charge < -0.3 is 14.2 Å². The number of rotatable bonds is 11. The SMILES string of the molecule is C=CCc1ccccc1OCCCn1c(CCCN2CCCC2)nc2ccccc21. The predicted molar refractivity (Wildman–Crippen MR) is 124 cm³/mol. The van der Waals surface area contributed by atoms with Crippen molar-refractivity contribution >= 4 is 11.0 Å². The smallest absolute Gasteiger partial charge is 0.122 e. The van der Waals surface area contributed by atoms with Crippen LogP contribution in [0.2, 0.25) is 0 Å². The number of hydrogen-bond donors (Lipinski definition) is 0. The Bertz CT molecular complexity index is 956. The molecule has 1 aliphatic heterocycles. The molecule has 0 amide bonds. The summed E-state index contributed by atoms with van der Waals surface area (Å²) >= 11 is 0. The molecule has 0 saturated carbocycles. The van der Waals surface area contributed by atoms with Gasteiger partial charge in [-0.15, -0.1) is 6.58 Å². The van der Waals surface area contributed by atoms with Crippen molar-refractivity contribution in [1.29, 1.82) is 0 Å². The molecule has 2 aromatic carbocycles. The van der Waals surface area contributed by atoms with Crippen molar-refractivity contribution in [2.24, 2.45) is 0 Å². The van der Waals surface area contributed by atoms with Gasteiger partial charge in [0.2, 0.25) is 0 Å². The molecular formula is C26H33N3O. The van der Waals surface area contributed by atoms with Crippen LogP contribution in [-0.2, 0) is 19.4 Å². The number of allylic oxidation sites excluding steroid dienone is 1. The molecule has 1 fully saturated rings. The van der Waals surface area contributed by atoms with Crippen LogP contribution in [0.15, 0.2) is 61.2 Å². The van der Waals surface area contributed by atoms with Crippen molar-refractivity contribution < 1.29 is 4.74 Å². The average molecular weight is 404 g/mol. The summed E-state index contributed by atoms with van der Waals surface area (Å²) in [5.41, 5.74) is 3.54. The number of aromatic nitrogens is 2. The minimum absolute atomic E-state index is 0.702. The first-order valence-corrected chi connectivity index (χ1v) is 11.3. The topological polar surface area (TPSA) is 30.3 Å². The van der Waals surface area contributed by atoms with E-state index in [-0.39, 0.29) is 0 Å². The molecule has 0 radical (unpaired) electrons. The Balaban J connectivity index is 1.37. The van der Waals surface area contributed by atoms with Crippen molar-refractivity contribution in [2.75, 3.05) is 26.2 Å². The molecule has 0 aliphatic carbocycles. The molecule has 2 heterocycles. The van der Waals surface area contributed by atoms with Crippen molar-refractivity contribution in [3.8, 4) is 5.75 Å². The van der Waals surface area contributed by atoms with E-state index in [4.69, 9.17) is 9.72 Å². The van der Waals surface area contributed by atoms with E-state index in [9.17, 15) is 0 Å². The number of nitrogens with zero attached hydrogens (tertiary/aromatic N) is 3. The normalized spacial score (nSPS) is 14.4. The Labute approximate surface area is 180 Å². The summed E-state index contributed by atoms with van der Waals surface area (Å²) in [6.07, 6.45) is 8.64. The molecule has 1 aromatic heterocycles. The van der Waals surface area contributed by atoms with E-state index in [1.807, 2.05) is 12.1 Å². The molecule has 0 bridgehead atoms. The van der Waals surface area contributed by atoms with Gasteiger partial charge in [0.1, 0.15) is 11.6 Å². The van der Waals surface area contributed by atoms with Gasteiger partial charge in [0.05, 0.1) is 17.6 Å². The van der Waals surface area contributed by atoms with Gasteiger partial charge in [-0.05, 0) is 75.5 Å². The molecule has 3 aromatic rings. The second kappa shape index (κ2) is 10.4. The lowest BCUT2D eigenvalue weighted by Gasteiger charge is -2.15. The molecule has 0 spiro atoms. The highest BCUT2D eigenvalue weighted by Gasteiger charge is 2.13. The van der Waals surface area contributed by atoms with Gasteiger partial charge in [0.25, 0.3) is 0 Å². The molecule has 4 heteroatoms. The molecule has 1 aliphatic rings. The molecule has 4 rings (SSSR count). The summed E-state index contributed by atoms with van der Waals surface area (Å²) < 4.78 is 8.50. The lowest BCUT2D eigenvalue weighted by Crippen LogP contribution is -2.21. The lowest BCUT2D eigenvalue weighted by atomic mass is 10.1. The third-order valence-electron chi connectivity index (χ3n) is 5.93. The number of likely N-dealkylation sites (tertiary alicyclic amines) is 1. The van der Waals surface area contributed by atoms with Gasteiger partial charge in [0, 0.05) is 13.0 Å². The second-order valence-electron chi connectivity index (χ2n) is 8.12. The molecule has 0 unspecified atom stereocenters. The molecule has 30 heavy (non-hydrogen) atoms. The van der Waals surface area contributed by atoms with E-state index < -0.39 is 0 Å². The van der Waals surface area contributed by atoms with Crippen molar-refractivity contribution in [3.05, 3.63) is 72.6 Å². The summed E-state index contributed by atoms with van der Waals surface area (Å²) in [4.78, 5) is 7.53. The standard InChI is InChI=1S/C26H33N3O/c1-2-11-22-12-3-6-15-25(22)30-21-10-20-29-24-14-5-4-13-23(24)27-26(29)16-9-19-28-17-7-8-18-28/h2-6,12-15H,1,7-11,16-21H2. The van der Waals surface area contributed by atoms with Crippen LogP contribution in [0.1, 0.15) is 37.1 Å². The van der Waals surface area contributed by atoms with Crippen LogP contribution in [0.25, 0.3) is 11.0 Å². The quantitative estimate of drug-likeness (QED) is 0.323. The molecule has 4 nitrogen and oxygen atoms in total. The van der Waals surface area contributed by atoms with Crippen LogP contribution in [0, 0.1) is 0 Å². The molecule has 0 atom stereocenters. The molecule has 158 valence electrons. The first kappa shape index (κ1) is 20.7. The fourth-order valence-corrected chi connectivity index (χ4v) is 4.41. The minimum atomic E-state index is 0.702. The molecular weight excluding hydrogens is 370 g/mol. The highest BCUT2D eigenvalue weighted by Crippen LogP contribution is 2.21. The number of imidazole rings is 1. The van der Waals surface area contributed by atoms with Crippen LogP contribution < -0.4 is 4.74 Å². The van der Waals surface area contributed by atoms with E-state index in [2.05, 4.69) is 58.5 Å². The van der Waals surface area contributed by atoms with Crippen LogP contribution in [0.4, 0.5) is 0 Å². The van der Waals surface area contributed by atoms with Crippen molar-refractivity contribution in [2.45, 2.75) is 45.1 Å². The Morgan fingerprint density at radius 2 is 1.77 bits per heavy atom. The number of ether oxygens (including phenoxy) is 1. The third kappa shape index (κ3) is 5.11. The third-order valence-corrected chi connectivity index (χ3v) is 5.93. The predicted octanol–water partition coefficient (Wildman–Crippen LogP) is 5.26. The Morgan fingerprint density at radius 1 is 0.967 bits per heavy atom. The fraction of sp³-hybridized carbons (Fsp3) is 0.423. The number of para-hydroxylation sites is 3. The van der Waals surface area contributed by atoms with Crippen molar-refractivity contribution in [3.63, 3.8) is 0 Å². The number of aryl methyl sites for hydroxylation is 2. The first-order chi connectivity index (χ1) is 14.8. The van der Waals surface area contributed by atoms with E-state index in [1.54, 1.807) is 0 Å². The van der Waals surface area contributed by atoms with Gasteiger partial charge in [-0.25, -0.2) is 4.98 Å². The number of benzene rings is 2. The zero-order valence-corrected chi connectivity index (χ0v) is 17.9. The lowest BCUT2D eigenvalue weighted by molar-refractivity contribution is 0.298. The van der Waals surface area contributed by atoms with E-state index in [0.29, 0.717) is 6.61 Å². The summed E-state index contributed by atoms with van der Waals surface area (Å²) in [6.45, 7) is 9.20. The Hall–Kier alpha value is -2.59. The average Bonchev–Trinajstić information content (AvgIpc) is 3.40. The largest absolute Gasteiger partial charge is 0.493 e. The summed E-state index contributed by atoms with van der Waals surface area (Å²) in [5, 5.41) is 0. The van der Waals surface area contributed by atoms with Gasteiger partial charge in [-0.3, -0.25) is 0 Å². The van der Waals surface area contributed by atoms with Crippen LogP contribution in [0.3, 0.4) is 0 Å². The van der Waals surface area contributed by atoms with Gasteiger partial charge >= 0.3 is 0 Å². The van der Waals surface area contributed by atoms with Crippen molar-refractivity contribution in [1.82, 2.24) is 14.5 Å². The molecule has 0 N–H and O–H groups in total. The minimum Gasteiger partial charge on any atom is -0.493 e. The van der Waals surface area contributed by atoms with E-state index in [0.717, 1.165) is 37.1 Å². The first-order valence-electron chi connectivity index (χ1n) is 11.3. The maximum Gasteiger partial charge on any atom is 0.122 e. The van der Waals surface area contributed by atoms with Crippen LogP contribution in [0.5, 0.6) is 5.75 Å². The Kier molecular flexibility index (Phi) is 7.20. The van der Waals surface area contributed by atoms with Crippen LogP contribution in [-0.4, -0.2) is 40.7 Å². The zero-order valence-electron chi connectivity index (χ0n) is 17.9. The number of fused-ring (bicyclic) bond motifs is 1. The monoisotopic (exact) mass is 403 g/mol. The van der Waals surface area contributed by atoms with Crippen LogP contribution >= 0.6 is 0 Å². The highest BCUT2D eigenvalue weighted by atomic mass is 16.5. The summed E-state index contributed by atoms with van der Waals surface area (Å²) in [5.74, 6) is 2.18. The summed E-state index contributed by atoms with van der Waals surface area (Å²) in [6, 6.07) is 16.7. The Morgan fingerprint density at radius 3 is 2.63 bits per heavy atom. The van der Waals surface area contributed by atoms with Gasteiger partial charge in [-0.2, -0.15) is 0 Å². The highest BCUT2D eigenvalue weighted by molar-refractivity contribution is 5.75. The van der Waals surface area contributed by atoms with E-state index in [1.165, 1.54) is 55.8 Å². The maximum atomic E-state index is 6.10. The maximum absolute atomic E-state index is 6.10.